The van der Waals surface area contributed by atoms with Crippen molar-refractivity contribution in [2.45, 2.75) is 0 Å². The number of hydrogen-bond donors (Lipinski definition) is 0. The summed E-state index contributed by atoms with van der Waals surface area (Å²) in [5.74, 6) is 0.939. The molecule has 0 unspecified atom stereocenters. The zero-order chi connectivity index (χ0) is 10.3. The van der Waals surface area contributed by atoms with Crippen molar-refractivity contribution in [1.29, 1.82) is 0 Å². The fraction of sp³-hybridized carbons (Fsp3) is 0.231. The third kappa shape index (κ3) is 3.17. The predicted octanol–water partition coefficient (Wildman–Crippen LogP) is 2.45. The van der Waals surface area contributed by atoms with E-state index in [0.717, 1.165) is 25.4 Å². The zero-order valence-corrected chi connectivity index (χ0v) is 8.67. The van der Waals surface area contributed by atoms with E-state index in [1.165, 1.54) is 0 Å². The fourth-order valence-electron chi connectivity index (χ4n) is 1.47. The van der Waals surface area contributed by atoms with Gasteiger partial charge in [0.1, 0.15) is 12.4 Å². The van der Waals surface area contributed by atoms with Crippen molar-refractivity contribution in [3.05, 3.63) is 54.8 Å². The first kappa shape index (κ1) is 9.84. The third-order valence-electron chi connectivity index (χ3n) is 2.27. The van der Waals surface area contributed by atoms with Gasteiger partial charge in [0.15, 0.2) is 0 Å². The lowest BCUT2D eigenvalue weighted by molar-refractivity contribution is 0.263. The highest BCUT2D eigenvalue weighted by Crippen LogP contribution is 2.08. The lowest BCUT2D eigenvalue weighted by Crippen LogP contribution is -2.24. The van der Waals surface area contributed by atoms with Gasteiger partial charge in [0.05, 0.1) is 6.54 Å². The number of ether oxygens (including phenoxy) is 1. The summed E-state index contributed by atoms with van der Waals surface area (Å²) < 4.78 is 5.61. The second kappa shape index (κ2) is 5.25. The Hall–Kier alpha value is -1.70. The molecule has 1 aliphatic heterocycles. The summed E-state index contributed by atoms with van der Waals surface area (Å²) >= 11 is 0. The maximum atomic E-state index is 5.61. The van der Waals surface area contributed by atoms with Crippen LogP contribution in [0.5, 0.6) is 5.75 Å². The van der Waals surface area contributed by atoms with E-state index in [2.05, 4.69) is 23.3 Å². The van der Waals surface area contributed by atoms with E-state index >= 15 is 0 Å². The Labute approximate surface area is 90.5 Å². The minimum atomic E-state index is 0.724. The van der Waals surface area contributed by atoms with Crippen LogP contribution in [0.1, 0.15) is 0 Å². The summed E-state index contributed by atoms with van der Waals surface area (Å²) in [5, 5.41) is 0. The first-order valence-electron chi connectivity index (χ1n) is 5.20. The lowest BCUT2D eigenvalue weighted by atomic mass is 10.3. The largest absolute Gasteiger partial charge is 0.492 e. The number of benzene rings is 1. The Balaban J connectivity index is 1.71. The van der Waals surface area contributed by atoms with Crippen molar-refractivity contribution < 1.29 is 4.74 Å². The summed E-state index contributed by atoms with van der Waals surface area (Å²) in [7, 11) is 0. The van der Waals surface area contributed by atoms with Gasteiger partial charge in [0, 0.05) is 6.54 Å². The highest BCUT2D eigenvalue weighted by molar-refractivity contribution is 5.20. The van der Waals surface area contributed by atoms with Gasteiger partial charge in [-0.1, -0.05) is 30.4 Å². The molecule has 2 rings (SSSR count). The molecule has 1 aromatic rings. The first-order chi connectivity index (χ1) is 7.45. The topological polar surface area (TPSA) is 12.5 Å². The van der Waals surface area contributed by atoms with E-state index in [9.17, 15) is 0 Å². The van der Waals surface area contributed by atoms with Crippen molar-refractivity contribution in [3.63, 3.8) is 0 Å². The van der Waals surface area contributed by atoms with E-state index in [1.807, 2.05) is 36.4 Å². The monoisotopic (exact) mass is 201 g/mol. The van der Waals surface area contributed by atoms with Crippen molar-refractivity contribution in [3.8, 4) is 5.75 Å². The Morgan fingerprint density at radius 2 is 2.00 bits per heavy atom. The van der Waals surface area contributed by atoms with Crippen LogP contribution >= 0.6 is 0 Å². The van der Waals surface area contributed by atoms with Gasteiger partial charge in [0.25, 0.3) is 0 Å². The quantitative estimate of drug-likeness (QED) is 0.742. The highest BCUT2D eigenvalue weighted by Gasteiger charge is 1.99. The van der Waals surface area contributed by atoms with Gasteiger partial charge >= 0.3 is 0 Å². The summed E-state index contributed by atoms with van der Waals surface area (Å²) in [4.78, 5) is 2.23. The molecule has 0 saturated carbocycles. The van der Waals surface area contributed by atoms with E-state index in [0.29, 0.717) is 0 Å². The van der Waals surface area contributed by atoms with Crippen LogP contribution in [0.2, 0.25) is 0 Å². The Morgan fingerprint density at radius 1 is 1.13 bits per heavy atom. The van der Waals surface area contributed by atoms with Crippen LogP contribution in [0.4, 0.5) is 0 Å². The van der Waals surface area contributed by atoms with Gasteiger partial charge in [-0.05, 0) is 24.4 Å². The van der Waals surface area contributed by atoms with Gasteiger partial charge < -0.3 is 9.64 Å². The van der Waals surface area contributed by atoms with E-state index in [4.69, 9.17) is 4.74 Å². The molecule has 1 heterocycles. The molecule has 1 aliphatic rings. The molecule has 0 aromatic heterocycles. The molecule has 15 heavy (non-hydrogen) atoms. The fourth-order valence-corrected chi connectivity index (χ4v) is 1.47. The molecule has 0 amide bonds. The average Bonchev–Trinajstić information content (AvgIpc) is 2.32. The van der Waals surface area contributed by atoms with Crippen LogP contribution in [0.3, 0.4) is 0 Å². The minimum absolute atomic E-state index is 0.724. The van der Waals surface area contributed by atoms with Gasteiger partial charge in [0.2, 0.25) is 0 Å². The Bertz CT molecular complexity index is 343. The molecule has 0 spiro atoms. The Kier molecular flexibility index (Phi) is 3.44. The van der Waals surface area contributed by atoms with E-state index in [-0.39, 0.29) is 0 Å². The molecule has 1 aromatic carbocycles. The van der Waals surface area contributed by atoms with Crippen LogP contribution in [0.15, 0.2) is 54.8 Å². The molecule has 0 radical (unpaired) electrons. The van der Waals surface area contributed by atoms with Crippen LogP contribution in [0, 0.1) is 0 Å². The molecular formula is C13H15NO. The summed E-state index contributed by atoms with van der Waals surface area (Å²) in [6.45, 7) is 2.63. The van der Waals surface area contributed by atoms with Gasteiger partial charge in [-0.15, -0.1) is 0 Å². The van der Waals surface area contributed by atoms with Crippen LogP contribution < -0.4 is 4.74 Å². The second-order valence-corrected chi connectivity index (χ2v) is 3.43. The minimum Gasteiger partial charge on any atom is -0.492 e. The van der Waals surface area contributed by atoms with Crippen molar-refractivity contribution >= 4 is 0 Å². The molecule has 0 fully saturated rings. The van der Waals surface area contributed by atoms with Crippen molar-refractivity contribution in [2.24, 2.45) is 0 Å². The van der Waals surface area contributed by atoms with Crippen LogP contribution in [-0.2, 0) is 0 Å². The lowest BCUT2D eigenvalue weighted by Gasteiger charge is -2.20. The van der Waals surface area contributed by atoms with E-state index in [1.54, 1.807) is 0 Å². The summed E-state index contributed by atoms with van der Waals surface area (Å²) in [5.41, 5.74) is 0. The predicted molar refractivity (Wildman–Crippen MR) is 61.8 cm³/mol. The third-order valence-corrected chi connectivity index (χ3v) is 2.27. The molecule has 2 heteroatoms. The van der Waals surface area contributed by atoms with Crippen molar-refractivity contribution in [2.75, 3.05) is 19.7 Å². The SMILES string of the molecule is C1=CCN(CCOc2ccccc2)C=C1. The van der Waals surface area contributed by atoms with Gasteiger partial charge in [-0.3, -0.25) is 0 Å². The molecule has 0 atom stereocenters. The smallest absolute Gasteiger partial charge is 0.119 e. The number of nitrogens with zero attached hydrogens (tertiary/aromatic N) is 1. The summed E-state index contributed by atoms with van der Waals surface area (Å²) in [6, 6.07) is 9.92. The molecule has 0 saturated heterocycles. The number of rotatable bonds is 4. The average molecular weight is 201 g/mol. The number of allylic oxidation sites excluding steroid dienone is 2. The highest BCUT2D eigenvalue weighted by atomic mass is 16.5. The summed E-state index contributed by atoms with van der Waals surface area (Å²) in [6.07, 6.45) is 8.34. The van der Waals surface area contributed by atoms with Gasteiger partial charge in [-0.2, -0.15) is 0 Å². The molecule has 2 nitrogen and oxygen atoms in total. The first-order valence-corrected chi connectivity index (χ1v) is 5.20. The molecule has 0 aliphatic carbocycles. The normalized spacial score (nSPS) is 14.3. The molecule has 0 N–H and O–H groups in total. The van der Waals surface area contributed by atoms with Crippen LogP contribution in [0.25, 0.3) is 0 Å². The molecular weight excluding hydrogens is 186 g/mol. The zero-order valence-electron chi connectivity index (χ0n) is 8.67. The maximum absolute atomic E-state index is 5.61. The number of para-hydroxylation sites is 1. The van der Waals surface area contributed by atoms with Gasteiger partial charge in [-0.25, -0.2) is 0 Å². The van der Waals surface area contributed by atoms with Crippen LogP contribution in [-0.4, -0.2) is 24.6 Å². The molecule has 78 valence electrons. The number of hydrogen-bond acceptors (Lipinski definition) is 2. The maximum Gasteiger partial charge on any atom is 0.119 e. The molecule has 0 bridgehead atoms. The second-order valence-electron chi connectivity index (χ2n) is 3.43. The van der Waals surface area contributed by atoms with E-state index < -0.39 is 0 Å². The standard InChI is InChI=1S/C13H15NO/c1-3-7-13(8-4-1)15-12-11-14-9-5-2-6-10-14/h1-9H,10-12H2. The Morgan fingerprint density at radius 3 is 2.73 bits per heavy atom. The van der Waals surface area contributed by atoms with Crippen molar-refractivity contribution in [1.82, 2.24) is 4.90 Å².